The van der Waals surface area contributed by atoms with E-state index in [0.717, 1.165) is 29.9 Å². The number of hydrogen-bond donors (Lipinski definition) is 1. The topological polar surface area (TPSA) is 99.7 Å². The molecule has 3 aromatic heterocycles. The van der Waals surface area contributed by atoms with Crippen LogP contribution in [0.2, 0.25) is 0 Å². The van der Waals surface area contributed by atoms with Gasteiger partial charge in [0.2, 0.25) is 11.7 Å². The lowest BCUT2D eigenvalue weighted by Gasteiger charge is -2.11. The molecule has 0 bridgehead atoms. The van der Waals surface area contributed by atoms with E-state index < -0.39 is 0 Å². The molecule has 0 aromatic carbocycles. The first-order valence-electron chi connectivity index (χ1n) is 8.32. The molecule has 134 valence electrons. The van der Waals surface area contributed by atoms with Crippen molar-refractivity contribution >= 4 is 5.91 Å². The summed E-state index contributed by atoms with van der Waals surface area (Å²) in [5.74, 6) is 1.18. The van der Waals surface area contributed by atoms with Gasteiger partial charge < -0.3 is 10.1 Å². The molecule has 1 N–H and O–H groups in total. The lowest BCUT2D eigenvalue weighted by atomic mass is 10.1. The van der Waals surface area contributed by atoms with E-state index in [9.17, 15) is 4.79 Å². The Bertz CT molecular complexity index is 975. The molecule has 4 heterocycles. The number of nitrogens with zero attached hydrogens (tertiary/aromatic N) is 6. The molecule has 1 amide bonds. The second-order valence-electron chi connectivity index (χ2n) is 6.19. The lowest BCUT2D eigenvalue weighted by molar-refractivity contribution is 0.0922. The van der Waals surface area contributed by atoms with Gasteiger partial charge in [-0.15, -0.1) is 0 Å². The van der Waals surface area contributed by atoms with Crippen LogP contribution in [0.3, 0.4) is 0 Å². The monoisotopic (exact) mass is 353 g/mol. The normalized spacial score (nSPS) is 15.7. The molecule has 9 nitrogen and oxygen atoms in total. The summed E-state index contributed by atoms with van der Waals surface area (Å²) in [5.41, 5.74) is 2.73. The van der Waals surface area contributed by atoms with Crippen LogP contribution in [0, 0.1) is 6.92 Å². The Morgan fingerprint density at radius 3 is 2.92 bits per heavy atom. The molecule has 1 unspecified atom stereocenters. The highest BCUT2D eigenvalue weighted by atomic mass is 16.5. The van der Waals surface area contributed by atoms with E-state index in [1.165, 1.54) is 4.68 Å². The van der Waals surface area contributed by atoms with Crippen molar-refractivity contribution in [2.75, 3.05) is 7.11 Å². The quantitative estimate of drug-likeness (QED) is 0.758. The van der Waals surface area contributed by atoms with E-state index in [1.54, 1.807) is 27.3 Å². The minimum Gasteiger partial charge on any atom is -0.481 e. The van der Waals surface area contributed by atoms with Crippen molar-refractivity contribution in [3.05, 3.63) is 41.7 Å². The summed E-state index contributed by atoms with van der Waals surface area (Å²) < 4.78 is 8.59. The maximum absolute atomic E-state index is 12.5. The van der Waals surface area contributed by atoms with Gasteiger partial charge in [0.05, 0.1) is 24.5 Å². The minimum atomic E-state index is -0.236. The zero-order valence-corrected chi connectivity index (χ0v) is 14.8. The van der Waals surface area contributed by atoms with E-state index in [4.69, 9.17) is 4.74 Å². The molecule has 4 rings (SSSR count). The van der Waals surface area contributed by atoms with Gasteiger partial charge in [-0.3, -0.25) is 9.48 Å². The van der Waals surface area contributed by atoms with E-state index in [1.807, 2.05) is 22.9 Å². The average Bonchev–Trinajstić information content (AvgIpc) is 3.30. The summed E-state index contributed by atoms with van der Waals surface area (Å²) in [7, 11) is 3.29. The van der Waals surface area contributed by atoms with Crippen molar-refractivity contribution < 1.29 is 9.53 Å². The Labute approximate surface area is 150 Å². The highest BCUT2D eigenvalue weighted by Gasteiger charge is 2.28. The largest absolute Gasteiger partial charge is 0.481 e. The van der Waals surface area contributed by atoms with Crippen LogP contribution in [-0.4, -0.2) is 42.5 Å². The molecule has 1 aliphatic heterocycles. The van der Waals surface area contributed by atoms with Crippen LogP contribution in [0.4, 0.5) is 0 Å². The van der Waals surface area contributed by atoms with Gasteiger partial charge in [0, 0.05) is 31.4 Å². The van der Waals surface area contributed by atoms with Crippen molar-refractivity contribution in [2.24, 2.45) is 7.05 Å². The van der Waals surface area contributed by atoms with Gasteiger partial charge in [-0.1, -0.05) is 0 Å². The number of aryl methyl sites for hydroxylation is 3. The number of methoxy groups -OCH3 is 1. The van der Waals surface area contributed by atoms with Gasteiger partial charge in [-0.2, -0.15) is 10.2 Å². The SMILES string of the molecule is COc1cc(-c2cc3n(n2)CCC3NC(=O)c2nc(C)nn2C)ccn1. The van der Waals surface area contributed by atoms with Gasteiger partial charge in [0.1, 0.15) is 5.82 Å². The van der Waals surface area contributed by atoms with E-state index in [2.05, 4.69) is 25.5 Å². The number of nitrogens with one attached hydrogen (secondary N) is 1. The van der Waals surface area contributed by atoms with Gasteiger partial charge in [-0.05, 0) is 25.5 Å². The van der Waals surface area contributed by atoms with Crippen LogP contribution in [0.15, 0.2) is 24.4 Å². The molecular weight excluding hydrogens is 334 g/mol. The Hall–Kier alpha value is -3.23. The first-order chi connectivity index (χ1) is 12.5. The lowest BCUT2D eigenvalue weighted by Crippen LogP contribution is -2.29. The second-order valence-corrected chi connectivity index (χ2v) is 6.19. The van der Waals surface area contributed by atoms with E-state index in [-0.39, 0.29) is 11.9 Å². The fraction of sp³-hybridized carbons (Fsp3) is 0.353. The van der Waals surface area contributed by atoms with Crippen molar-refractivity contribution in [3.63, 3.8) is 0 Å². The molecule has 0 spiro atoms. The fourth-order valence-electron chi connectivity index (χ4n) is 3.19. The summed E-state index contributed by atoms with van der Waals surface area (Å²) in [6.45, 7) is 2.51. The number of fused-ring (bicyclic) bond motifs is 1. The fourth-order valence-corrected chi connectivity index (χ4v) is 3.19. The number of ether oxygens (including phenoxy) is 1. The Morgan fingerprint density at radius 2 is 2.19 bits per heavy atom. The second kappa shape index (κ2) is 6.25. The zero-order chi connectivity index (χ0) is 18.3. The number of aromatic nitrogens is 6. The first-order valence-corrected chi connectivity index (χ1v) is 8.32. The molecule has 1 atom stereocenters. The summed E-state index contributed by atoms with van der Waals surface area (Å²) in [6, 6.07) is 5.61. The maximum Gasteiger partial charge on any atom is 0.289 e. The number of hydrogen-bond acceptors (Lipinski definition) is 6. The van der Waals surface area contributed by atoms with Gasteiger partial charge in [0.25, 0.3) is 5.91 Å². The van der Waals surface area contributed by atoms with Crippen molar-refractivity contribution in [3.8, 4) is 17.1 Å². The van der Waals surface area contributed by atoms with Crippen molar-refractivity contribution in [2.45, 2.75) is 25.9 Å². The first kappa shape index (κ1) is 16.2. The third-order valence-corrected chi connectivity index (χ3v) is 4.41. The Kier molecular flexibility index (Phi) is 3.90. The predicted octanol–water partition coefficient (Wildman–Crippen LogP) is 1.27. The average molecular weight is 353 g/mol. The number of pyridine rings is 1. The Morgan fingerprint density at radius 1 is 1.35 bits per heavy atom. The maximum atomic E-state index is 12.5. The van der Waals surface area contributed by atoms with Crippen molar-refractivity contribution in [1.29, 1.82) is 0 Å². The number of carbonyl (C=O) groups is 1. The van der Waals surface area contributed by atoms with Gasteiger partial charge in [-0.25, -0.2) is 14.6 Å². The van der Waals surface area contributed by atoms with Crippen molar-refractivity contribution in [1.82, 2.24) is 34.8 Å². The third kappa shape index (κ3) is 2.81. The molecule has 0 saturated heterocycles. The van der Waals surface area contributed by atoms with E-state index >= 15 is 0 Å². The van der Waals surface area contributed by atoms with Crippen LogP contribution in [-0.2, 0) is 13.6 Å². The summed E-state index contributed by atoms with van der Waals surface area (Å²) in [5, 5.41) is 11.8. The molecule has 26 heavy (non-hydrogen) atoms. The van der Waals surface area contributed by atoms with Gasteiger partial charge in [0.15, 0.2) is 0 Å². The summed E-state index contributed by atoms with van der Waals surface area (Å²) in [4.78, 5) is 20.8. The highest BCUT2D eigenvalue weighted by Crippen LogP contribution is 2.30. The number of carbonyl (C=O) groups excluding carboxylic acids is 1. The van der Waals surface area contributed by atoms with Crippen LogP contribution in [0.25, 0.3) is 11.3 Å². The number of amides is 1. The van der Waals surface area contributed by atoms with Crippen LogP contribution in [0.5, 0.6) is 5.88 Å². The van der Waals surface area contributed by atoms with Crippen LogP contribution < -0.4 is 10.1 Å². The minimum absolute atomic E-state index is 0.107. The number of rotatable bonds is 4. The predicted molar refractivity (Wildman–Crippen MR) is 92.6 cm³/mol. The summed E-state index contributed by atoms with van der Waals surface area (Å²) >= 11 is 0. The molecule has 9 heteroatoms. The molecule has 0 fully saturated rings. The molecule has 1 aliphatic rings. The van der Waals surface area contributed by atoms with E-state index in [0.29, 0.717) is 17.5 Å². The van der Waals surface area contributed by atoms with Crippen LogP contribution >= 0.6 is 0 Å². The highest BCUT2D eigenvalue weighted by molar-refractivity contribution is 5.91. The Balaban J connectivity index is 1.57. The molecule has 0 saturated carbocycles. The van der Waals surface area contributed by atoms with Gasteiger partial charge >= 0.3 is 0 Å². The molecule has 0 aliphatic carbocycles. The molecule has 3 aromatic rings. The summed E-state index contributed by atoms with van der Waals surface area (Å²) in [6.07, 6.45) is 2.49. The zero-order valence-electron chi connectivity index (χ0n) is 14.8. The smallest absolute Gasteiger partial charge is 0.289 e. The molecule has 0 radical (unpaired) electrons. The van der Waals surface area contributed by atoms with Crippen LogP contribution in [0.1, 0.15) is 34.6 Å². The standard InChI is InChI=1S/C17H19N7O2/c1-10-19-16(23(2)21-10)17(25)20-12-5-7-24-14(12)9-13(22-24)11-4-6-18-15(8-11)26-3/h4,6,8-9,12H,5,7H2,1-3H3,(H,20,25). The molecular formula is C17H19N7O2. The third-order valence-electron chi connectivity index (χ3n) is 4.41.